The highest BCUT2D eigenvalue weighted by Gasteiger charge is 2.43. The number of ketones is 1. The van der Waals surface area contributed by atoms with E-state index in [2.05, 4.69) is 15.1 Å². The molecule has 1 amide bonds. The van der Waals surface area contributed by atoms with Crippen molar-refractivity contribution >= 4 is 11.7 Å². The quantitative estimate of drug-likeness (QED) is 0.799. The molecule has 1 N–H and O–H groups in total. The van der Waals surface area contributed by atoms with E-state index in [4.69, 9.17) is 0 Å². The van der Waals surface area contributed by atoms with Crippen LogP contribution >= 0.6 is 0 Å². The number of amides is 1. The average molecular weight is 402 g/mol. The maximum atomic E-state index is 14.1. The Morgan fingerprint density at radius 1 is 1.21 bits per heavy atom. The number of hydrogen-bond donors (Lipinski definition) is 1. The fourth-order valence-electron chi connectivity index (χ4n) is 4.58. The third kappa shape index (κ3) is 3.94. The van der Waals surface area contributed by atoms with Gasteiger partial charge in [0.1, 0.15) is 11.4 Å². The second kappa shape index (κ2) is 7.67. The predicted octanol–water partition coefficient (Wildman–Crippen LogP) is 3.02. The zero-order valence-corrected chi connectivity index (χ0v) is 16.4. The van der Waals surface area contributed by atoms with E-state index < -0.39 is 11.6 Å². The van der Waals surface area contributed by atoms with Crippen molar-refractivity contribution in [2.75, 3.05) is 26.2 Å². The molecule has 2 fully saturated rings. The smallest absolute Gasteiger partial charge is 0.271 e. The summed E-state index contributed by atoms with van der Waals surface area (Å²) in [5, 5.41) is 6.55. The normalized spacial score (nSPS) is 22.4. The maximum absolute atomic E-state index is 14.1. The number of nitrogens with one attached hydrogen (secondary N) is 1. The second-order valence-corrected chi connectivity index (χ2v) is 8.23. The molecular formula is C21H24F2N4O2. The van der Waals surface area contributed by atoms with Crippen LogP contribution in [0.4, 0.5) is 8.78 Å². The molecule has 1 unspecified atom stereocenters. The van der Waals surface area contributed by atoms with Crippen LogP contribution in [-0.2, 0) is 6.54 Å². The van der Waals surface area contributed by atoms with Crippen LogP contribution in [0.15, 0.2) is 24.3 Å². The second-order valence-electron chi connectivity index (χ2n) is 8.23. The molecule has 154 valence electrons. The van der Waals surface area contributed by atoms with Crippen molar-refractivity contribution in [1.82, 2.24) is 20.0 Å². The summed E-state index contributed by atoms with van der Waals surface area (Å²) in [7, 11) is 0. The van der Waals surface area contributed by atoms with Crippen LogP contribution in [0.5, 0.6) is 0 Å². The Morgan fingerprint density at radius 2 is 2.03 bits per heavy atom. The summed E-state index contributed by atoms with van der Waals surface area (Å²) in [6.07, 6.45) is 2.83. The fourth-order valence-corrected chi connectivity index (χ4v) is 4.58. The van der Waals surface area contributed by atoms with E-state index in [1.807, 2.05) is 0 Å². The standard InChI is InChI=1S/C21H24F2N4O2/c1-14(28)17-10-18(25-24-17)20(29)27-9-7-21(13-27)6-3-8-26(12-21)11-15-4-2-5-16(22)19(15)23/h2,4-5,10H,3,6-9,11-13H2,1H3,(H,24,25). The number of benzene rings is 1. The summed E-state index contributed by atoms with van der Waals surface area (Å²) in [5.74, 6) is -1.95. The van der Waals surface area contributed by atoms with Gasteiger partial charge in [0.15, 0.2) is 17.4 Å². The highest BCUT2D eigenvalue weighted by Crippen LogP contribution is 2.39. The van der Waals surface area contributed by atoms with E-state index in [1.165, 1.54) is 19.1 Å². The number of rotatable bonds is 4. The first-order valence-corrected chi connectivity index (χ1v) is 9.88. The van der Waals surface area contributed by atoms with Gasteiger partial charge in [-0.15, -0.1) is 0 Å². The number of carbonyl (C=O) groups excluding carboxylic acids is 2. The molecule has 1 spiro atoms. The number of aromatic amines is 1. The van der Waals surface area contributed by atoms with Gasteiger partial charge >= 0.3 is 0 Å². The predicted molar refractivity (Wildman–Crippen MR) is 102 cm³/mol. The molecule has 6 nitrogen and oxygen atoms in total. The van der Waals surface area contributed by atoms with E-state index in [0.29, 0.717) is 30.9 Å². The first-order valence-electron chi connectivity index (χ1n) is 9.88. The van der Waals surface area contributed by atoms with Gasteiger partial charge in [-0.3, -0.25) is 19.6 Å². The first-order chi connectivity index (χ1) is 13.9. The van der Waals surface area contributed by atoms with Crippen LogP contribution in [0, 0.1) is 17.0 Å². The molecule has 3 heterocycles. The molecule has 0 saturated carbocycles. The molecule has 2 aliphatic rings. The van der Waals surface area contributed by atoms with Crippen molar-refractivity contribution in [3.8, 4) is 0 Å². The average Bonchev–Trinajstić information content (AvgIpc) is 3.33. The highest BCUT2D eigenvalue weighted by atomic mass is 19.2. The van der Waals surface area contributed by atoms with Crippen LogP contribution in [-0.4, -0.2) is 57.9 Å². The molecule has 1 aromatic heterocycles. The van der Waals surface area contributed by atoms with Crippen molar-refractivity contribution in [1.29, 1.82) is 0 Å². The van der Waals surface area contributed by atoms with Crippen molar-refractivity contribution < 1.29 is 18.4 Å². The third-order valence-electron chi connectivity index (χ3n) is 6.06. The van der Waals surface area contributed by atoms with Crippen molar-refractivity contribution in [3.63, 3.8) is 0 Å². The van der Waals surface area contributed by atoms with E-state index in [9.17, 15) is 18.4 Å². The van der Waals surface area contributed by atoms with Gasteiger partial charge in [0.25, 0.3) is 5.91 Å². The molecule has 2 aromatic rings. The van der Waals surface area contributed by atoms with Gasteiger partial charge in [-0.2, -0.15) is 5.10 Å². The summed E-state index contributed by atoms with van der Waals surface area (Å²) in [4.78, 5) is 28.2. The number of halogens is 2. The third-order valence-corrected chi connectivity index (χ3v) is 6.06. The Balaban J connectivity index is 1.43. The Kier molecular flexibility index (Phi) is 5.21. The summed E-state index contributed by atoms with van der Waals surface area (Å²) >= 11 is 0. The Bertz CT molecular complexity index is 945. The molecule has 2 aliphatic heterocycles. The topological polar surface area (TPSA) is 69.3 Å². The highest BCUT2D eigenvalue weighted by molar-refractivity contribution is 5.97. The van der Waals surface area contributed by atoms with Gasteiger partial charge in [0, 0.05) is 44.1 Å². The van der Waals surface area contributed by atoms with Crippen LogP contribution in [0.2, 0.25) is 0 Å². The number of hydrogen-bond acceptors (Lipinski definition) is 4. The molecule has 29 heavy (non-hydrogen) atoms. The first kappa shape index (κ1) is 19.7. The molecule has 2 saturated heterocycles. The number of aromatic nitrogens is 2. The zero-order chi connectivity index (χ0) is 20.6. The fraction of sp³-hybridized carbons (Fsp3) is 0.476. The molecule has 4 rings (SSSR count). The Hall–Kier alpha value is -2.61. The lowest BCUT2D eigenvalue weighted by molar-refractivity contribution is 0.0668. The minimum absolute atomic E-state index is 0.0405. The molecule has 8 heteroatoms. The van der Waals surface area contributed by atoms with Crippen molar-refractivity contribution in [2.45, 2.75) is 32.7 Å². The lowest BCUT2D eigenvalue weighted by atomic mass is 9.79. The van der Waals surface area contributed by atoms with Crippen LogP contribution < -0.4 is 0 Å². The molecular weight excluding hydrogens is 378 g/mol. The molecule has 1 aromatic carbocycles. The number of carbonyl (C=O) groups is 2. The maximum Gasteiger partial charge on any atom is 0.271 e. The summed E-state index contributed by atoms with van der Waals surface area (Å²) < 4.78 is 27.6. The van der Waals surface area contributed by atoms with Crippen LogP contribution in [0.3, 0.4) is 0 Å². The Labute approximate surface area is 167 Å². The van der Waals surface area contributed by atoms with Crippen molar-refractivity contribution in [3.05, 3.63) is 52.9 Å². The number of nitrogens with zero attached hydrogens (tertiary/aromatic N) is 3. The van der Waals surface area contributed by atoms with Gasteiger partial charge in [-0.1, -0.05) is 12.1 Å². The number of H-pyrrole nitrogens is 1. The largest absolute Gasteiger partial charge is 0.337 e. The van der Waals surface area contributed by atoms with Gasteiger partial charge in [0.2, 0.25) is 0 Å². The summed E-state index contributed by atoms with van der Waals surface area (Å²) in [6.45, 7) is 4.59. The SMILES string of the molecule is CC(=O)c1cc(C(=O)N2CCC3(CCCN(Cc4cccc(F)c4F)C3)C2)[nH]n1. The van der Waals surface area contributed by atoms with E-state index in [1.54, 1.807) is 11.0 Å². The molecule has 0 aliphatic carbocycles. The van der Waals surface area contributed by atoms with Crippen LogP contribution in [0.25, 0.3) is 0 Å². The molecule has 0 bridgehead atoms. The lowest BCUT2D eigenvalue weighted by Crippen LogP contribution is -2.45. The van der Waals surface area contributed by atoms with Crippen molar-refractivity contribution in [2.24, 2.45) is 5.41 Å². The number of piperidine rings is 1. The van der Waals surface area contributed by atoms with Gasteiger partial charge < -0.3 is 4.90 Å². The van der Waals surface area contributed by atoms with Gasteiger partial charge in [0.05, 0.1) is 0 Å². The minimum atomic E-state index is -0.823. The monoisotopic (exact) mass is 402 g/mol. The Morgan fingerprint density at radius 3 is 2.79 bits per heavy atom. The van der Waals surface area contributed by atoms with E-state index in [0.717, 1.165) is 38.4 Å². The van der Waals surface area contributed by atoms with E-state index in [-0.39, 0.29) is 22.8 Å². The van der Waals surface area contributed by atoms with Gasteiger partial charge in [-0.25, -0.2) is 8.78 Å². The summed E-state index contributed by atoms with van der Waals surface area (Å²) in [5.41, 5.74) is 0.897. The van der Waals surface area contributed by atoms with Gasteiger partial charge in [-0.05, 0) is 37.9 Å². The minimum Gasteiger partial charge on any atom is -0.337 e. The lowest BCUT2D eigenvalue weighted by Gasteiger charge is -2.40. The van der Waals surface area contributed by atoms with E-state index >= 15 is 0 Å². The molecule has 0 radical (unpaired) electrons. The zero-order valence-electron chi connectivity index (χ0n) is 16.4. The molecule has 1 atom stereocenters. The van der Waals surface area contributed by atoms with Crippen LogP contribution in [0.1, 0.15) is 52.7 Å². The number of likely N-dealkylation sites (tertiary alicyclic amines) is 2. The number of Topliss-reactive ketones (excluding diaryl/α,β-unsaturated/α-hetero) is 1. The summed E-state index contributed by atoms with van der Waals surface area (Å²) in [6, 6.07) is 5.78.